The van der Waals surface area contributed by atoms with E-state index in [0.29, 0.717) is 46.6 Å². The zero-order valence-electron chi connectivity index (χ0n) is 11.8. The number of nitrogen functional groups attached to an aromatic ring is 1. The van der Waals surface area contributed by atoms with Crippen molar-refractivity contribution in [3.05, 3.63) is 52.5 Å². The summed E-state index contributed by atoms with van der Waals surface area (Å²) in [6, 6.07) is 12.2. The molecule has 6 heteroatoms. The maximum atomic E-state index is 11.8. The molecule has 2 aromatic rings. The lowest BCUT2D eigenvalue weighted by molar-refractivity contribution is -0.116. The molecule has 3 N–H and O–H groups in total. The Morgan fingerprint density at radius 3 is 2.64 bits per heavy atom. The van der Waals surface area contributed by atoms with E-state index in [1.54, 1.807) is 30.3 Å². The summed E-state index contributed by atoms with van der Waals surface area (Å²) in [7, 11) is 0. The number of anilines is 2. The Hall–Kier alpha value is -1.91. The Morgan fingerprint density at radius 1 is 1.14 bits per heavy atom. The monoisotopic (exact) mass is 338 g/mol. The first-order valence-corrected chi connectivity index (χ1v) is 7.54. The predicted octanol–water partition coefficient (Wildman–Crippen LogP) is 4.37. The van der Waals surface area contributed by atoms with Gasteiger partial charge in [-0.1, -0.05) is 35.3 Å². The second-order valence-electron chi connectivity index (χ2n) is 4.67. The van der Waals surface area contributed by atoms with Crippen molar-refractivity contribution in [1.82, 2.24) is 0 Å². The van der Waals surface area contributed by atoms with Gasteiger partial charge in [-0.15, -0.1) is 0 Å². The first-order chi connectivity index (χ1) is 10.6. The van der Waals surface area contributed by atoms with Gasteiger partial charge in [-0.05, 0) is 36.8 Å². The Balaban J connectivity index is 1.74. The highest BCUT2D eigenvalue weighted by atomic mass is 35.5. The van der Waals surface area contributed by atoms with Crippen molar-refractivity contribution in [1.29, 1.82) is 0 Å². The van der Waals surface area contributed by atoms with Gasteiger partial charge in [0.05, 0.1) is 22.3 Å². The summed E-state index contributed by atoms with van der Waals surface area (Å²) < 4.78 is 5.53. The second kappa shape index (κ2) is 7.92. The molecule has 2 rings (SSSR count). The van der Waals surface area contributed by atoms with E-state index in [1.807, 2.05) is 12.1 Å². The zero-order valence-corrected chi connectivity index (χ0v) is 13.3. The smallest absolute Gasteiger partial charge is 0.224 e. The molecule has 0 aliphatic heterocycles. The van der Waals surface area contributed by atoms with E-state index in [9.17, 15) is 4.79 Å². The van der Waals surface area contributed by atoms with E-state index in [2.05, 4.69) is 5.32 Å². The Bertz CT molecular complexity index is 662. The van der Waals surface area contributed by atoms with Crippen molar-refractivity contribution in [2.75, 3.05) is 17.7 Å². The highest BCUT2D eigenvalue weighted by molar-refractivity contribution is 6.42. The van der Waals surface area contributed by atoms with Gasteiger partial charge in [0.2, 0.25) is 5.91 Å². The summed E-state index contributed by atoms with van der Waals surface area (Å²) in [6.07, 6.45) is 0.925. The number of benzene rings is 2. The van der Waals surface area contributed by atoms with Crippen LogP contribution < -0.4 is 15.8 Å². The van der Waals surface area contributed by atoms with Crippen LogP contribution in [0.25, 0.3) is 0 Å². The number of hydrogen-bond acceptors (Lipinski definition) is 3. The molecular formula is C16H16Cl2N2O2. The molecule has 22 heavy (non-hydrogen) atoms. The number of halogens is 2. The lowest BCUT2D eigenvalue weighted by atomic mass is 10.2. The van der Waals surface area contributed by atoms with Crippen LogP contribution >= 0.6 is 23.2 Å². The summed E-state index contributed by atoms with van der Waals surface area (Å²) in [5.41, 5.74) is 6.97. The van der Waals surface area contributed by atoms with Gasteiger partial charge >= 0.3 is 0 Å². The number of nitrogens with one attached hydrogen (secondary N) is 1. The molecule has 0 saturated carbocycles. The number of carbonyl (C=O) groups is 1. The van der Waals surface area contributed by atoms with E-state index < -0.39 is 0 Å². The van der Waals surface area contributed by atoms with Crippen molar-refractivity contribution >= 4 is 40.5 Å². The molecular weight excluding hydrogens is 323 g/mol. The molecule has 0 atom stereocenters. The van der Waals surface area contributed by atoms with Crippen LogP contribution in [0.3, 0.4) is 0 Å². The van der Waals surface area contributed by atoms with E-state index in [1.165, 1.54) is 0 Å². The van der Waals surface area contributed by atoms with Gasteiger partial charge in [-0.25, -0.2) is 0 Å². The van der Waals surface area contributed by atoms with Gasteiger partial charge in [-0.3, -0.25) is 4.79 Å². The Morgan fingerprint density at radius 2 is 1.91 bits per heavy atom. The van der Waals surface area contributed by atoms with Gasteiger partial charge in [0, 0.05) is 12.1 Å². The maximum absolute atomic E-state index is 11.8. The zero-order chi connectivity index (χ0) is 15.9. The average Bonchev–Trinajstić information content (AvgIpc) is 2.49. The molecule has 0 bridgehead atoms. The lowest BCUT2D eigenvalue weighted by Gasteiger charge is -2.09. The molecule has 2 aromatic carbocycles. The first-order valence-electron chi connectivity index (χ1n) is 6.78. The standard InChI is InChI=1S/C16H16Cl2N2O2/c17-12-8-7-11(10-13(12)18)20-16(21)6-3-9-22-15-5-2-1-4-14(15)19/h1-2,4-5,7-8,10H,3,6,9,19H2,(H,20,21). The van der Waals surface area contributed by atoms with Gasteiger partial charge in [0.25, 0.3) is 0 Å². The fourth-order valence-electron chi connectivity index (χ4n) is 1.82. The van der Waals surface area contributed by atoms with Crippen LogP contribution in [0, 0.1) is 0 Å². The molecule has 0 fully saturated rings. The fraction of sp³-hybridized carbons (Fsp3) is 0.188. The Kier molecular flexibility index (Phi) is 5.92. The normalized spacial score (nSPS) is 10.3. The molecule has 0 aliphatic carbocycles. The average molecular weight is 339 g/mol. The van der Waals surface area contributed by atoms with E-state index >= 15 is 0 Å². The number of ether oxygens (including phenoxy) is 1. The van der Waals surface area contributed by atoms with Gasteiger partial charge < -0.3 is 15.8 Å². The quantitative estimate of drug-likeness (QED) is 0.607. The molecule has 0 heterocycles. The number of carbonyl (C=O) groups excluding carboxylic acids is 1. The summed E-state index contributed by atoms with van der Waals surface area (Å²) >= 11 is 11.7. The number of amides is 1. The van der Waals surface area contributed by atoms with Crippen molar-refractivity contribution in [2.45, 2.75) is 12.8 Å². The van der Waals surface area contributed by atoms with Crippen LogP contribution in [0.15, 0.2) is 42.5 Å². The van der Waals surface area contributed by atoms with E-state index in [0.717, 1.165) is 0 Å². The van der Waals surface area contributed by atoms with Gasteiger partial charge in [-0.2, -0.15) is 0 Å². The summed E-state index contributed by atoms with van der Waals surface area (Å²) in [5, 5.41) is 3.62. The largest absolute Gasteiger partial charge is 0.491 e. The molecule has 0 radical (unpaired) electrons. The molecule has 1 amide bonds. The van der Waals surface area contributed by atoms with Crippen molar-refractivity contribution in [2.24, 2.45) is 0 Å². The summed E-state index contributed by atoms with van der Waals surface area (Å²) in [5.74, 6) is 0.524. The van der Waals surface area contributed by atoms with Crippen molar-refractivity contribution < 1.29 is 9.53 Å². The molecule has 0 saturated heterocycles. The van der Waals surface area contributed by atoms with Crippen LogP contribution in [-0.2, 0) is 4.79 Å². The van der Waals surface area contributed by atoms with Crippen LogP contribution in [0.5, 0.6) is 5.75 Å². The van der Waals surface area contributed by atoms with Crippen molar-refractivity contribution in [3.8, 4) is 5.75 Å². The molecule has 4 nitrogen and oxygen atoms in total. The summed E-state index contributed by atoms with van der Waals surface area (Å²) in [4.78, 5) is 11.8. The molecule has 0 aliphatic rings. The van der Waals surface area contributed by atoms with Crippen LogP contribution in [0.2, 0.25) is 10.0 Å². The second-order valence-corrected chi connectivity index (χ2v) is 5.48. The number of para-hydroxylation sites is 2. The first kappa shape index (κ1) is 16.5. The maximum Gasteiger partial charge on any atom is 0.224 e. The molecule has 0 aromatic heterocycles. The molecule has 116 valence electrons. The van der Waals surface area contributed by atoms with Crippen molar-refractivity contribution in [3.63, 3.8) is 0 Å². The summed E-state index contributed by atoms with van der Waals surface area (Å²) in [6.45, 7) is 0.420. The van der Waals surface area contributed by atoms with E-state index in [-0.39, 0.29) is 5.91 Å². The van der Waals surface area contributed by atoms with Crippen LogP contribution in [-0.4, -0.2) is 12.5 Å². The third-order valence-electron chi connectivity index (χ3n) is 2.93. The molecule has 0 spiro atoms. The van der Waals surface area contributed by atoms with Crippen LogP contribution in [0.4, 0.5) is 11.4 Å². The number of hydrogen-bond donors (Lipinski definition) is 2. The molecule has 0 unspecified atom stereocenters. The fourth-order valence-corrected chi connectivity index (χ4v) is 2.12. The number of rotatable bonds is 6. The van der Waals surface area contributed by atoms with Gasteiger partial charge in [0.1, 0.15) is 5.75 Å². The third-order valence-corrected chi connectivity index (χ3v) is 3.67. The number of nitrogens with two attached hydrogens (primary N) is 1. The lowest BCUT2D eigenvalue weighted by Crippen LogP contribution is -2.13. The third kappa shape index (κ3) is 4.83. The van der Waals surface area contributed by atoms with Crippen LogP contribution in [0.1, 0.15) is 12.8 Å². The minimum absolute atomic E-state index is 0.108. The topological polar surface area (TPSA) is 64.3 Å². The van der Waals surface area contributed by atoms with E-state index in [4.69, 9.17) is 33.7 Å². The SMILES string of the molecule is Nc1ccccc1OCCCC(=O)Nc1ccc(Cl)c(Cl)c1. The highest BCUT2D eigenvalue weighted by Crippen LogP contribution is 2.25. The predicted molar refractivity (Wildman–Crippen MR) is 90.7 cm³/mol. The highest BCUT2D eigenvalue weighted by Gasteiger charge is 2.05. The minimum Gasteiger partial charge on any atom is -0.491 e. The van der Waals surface area contributed by atoms with Gasteiger partial charge in [0.15, 0.2) is 0 Å². The minimum atomic E-state index is -0.108. The Labute approximate surface area is 139 Å².